The van der Waals surface area contributed by atoms with Crippen LogP contribution in [0.1, 0.15) is 80.6 Å². The molecular weight excluding hydrogens is 917 g/mol. The van der Waals surface area contributed by atoms with Gasteiger partial charge in [0.15, 0.2) is 0 Å². The van der Waals surface area contributed by atoms with E-state index in [-0.39, 0.29) is 5.41 Å². The van der Waals surface area contributed by atoms with Gasteiger partial charge >= 0.3 is 0 Å². The van der Waals surface area contributed by atoms with E-state index in [0.717, 1.165) is 136 Å². The van der Waals surface area contributed by atoms with E-state index in [1.807, 2.05) is 215 Å². The summed E-state index contributed by atoms with van der Waals surface area (Å²) in [6, 6.07) is 56.5. The van der Waals surface area contributed by atoms with Crippen molar-refractivity contribution >= 4 is 0 Å². The van der Waals surface area contributed by atoms with Crippen LogP contribution < -0.4 is 33.2 Å². The first-order valence-corrected chi connectivity index (χ1v) is 25.1. The summed E-state index contributed by atoms with van der Waals surface area (Å²) in [5.74, 6) is 11.0. The zero-order valence-electron chi connectivity index (χ0n) is 44.5. The fraction of sp³-hybridized carbons (Fsp3) is 0.194. The van der Waals surface area contributed by atoms with Crippen molar-refractivity contribution in [3.05, 3.63) is 237 Å². The topological polar surface area (TPSA) is 64.6 Å². The quantitative estimate of drug-likeness (QED) is 0.0956. The zero-order chi connectivity index (χ0) is 52.3. The van der Waals surface area contributed by atoms with Crippen LogP contribution in [0, 0.1) is 69.2 Å². The van der Waals surface area contributed by atoms with Crippen LogP contribution in [0.15, 0.2) is 170 Å². The highest BCUT2D eigenvalue weighted by Gasteiger charge is 2.24. The van der Waals surface area contributed by atoms with Gasteiger partial charge in [-0.3, -0.25) is 0 Å². The van der Waals surface area contributed by atoms with E-state index < -0.39 is 0 Å². The summed E-state index contributed by atoms with van der Waals surface area (Å²) in [5.41, 5.74) is 11.9. The Hall–Kier alpha value is -8.42. The Morgan fingerprint density at radius 3 is 0.635 bits per heavy atom. The van der Waals surface area contributed by atoms with Gasteiger partial charge in [-0.05, 0) is 245 Å². The van der Waals surface area contributed by atoms with Crippen LogP contribution >= 0.6 is 0 Å². The summed E-state index contributed by atoms with van der Waals surface area (Å²) >= 11 is 0. The van der Waals surface area contributed by atoms with Crippen LogP contribution in [-0.4, -0.2) is 0 Å². The van der Waals surface area contributed by atoms with Crippen molar-refractivity contribution in [3.63, 3.8) is 0 Å². The number of benzene rings is 9. The van der Waals surface area contributed by atoms with Crippen molar-refractivity contribution < 1.29 is 33.2 Å². The minimum atomic E-state index is -0.277. The zero-order valence-corrected chi connectivity index (χ0v) is 44.5. The fourth-order valence-corrected chi connectivity index (χ4v) is 9.54. The molecule has 9 aromatic carbocycles. The SMILES string of the molecule is Cc1cc(Oc2ccc(C(C)(C)c3ccc(Oc4cc(C)c(Oc5cc(C)c(Oc6cc(C)c(Oc7ccccc7)c(C)c6)c(C)c5)c(C)c4)cc3)cc2)cc(C)c1Oc1cc(C)c(Oc2ccccc2)c(C)c1. The van der Waals surface area contributed by atoms with Gasteiger partial charge in [0.2, 0.25) is 0 Å². The van der Waals surface area contributed by atoms with Gasteiger partial charge in [-0.2, -0.15) is 0 Å². The summed E-state index contributed by atoms with van der Waals surface area (Å²) < 4.78 is 44.8. The van der Waals surface area contributed by atoms with Gasteiger partial charge in [-0.1, -0.05) is 74.5 Å². The maximum absolute atomic E-state index is 6.56. The number of ether oxygens (including phenoxy) is 7. The van der Waals surface area contributed by atoms with Crippen LogP contribution in [0.25, 0.3) is 0 Å². The predicted molar refractivity (Wildman–Crippen MR) is 298 cm³/mol. The Kier molecular flexibility index (Phi) is 14.6. The first-order valence-electron chi connectivity index (χ1n) is 25.1. The van der Waals surface area contributed by atoms with Gasteiger partial charge < -0.3 is 33.2 Å². The lowest BCUT2D eigenvalue weighted by Gasteiger charge is -2.26. The highest BCUT2D eigenvalue weighted by Crippen LogP contribution is 2.42. The molecular formula is C67H64O7. The van der Waals surface area contributed by atoms with Crippen LogP contribution in [-0.2, 0) is 5.41 Å². The third-order valence-electron chi connectivity index (χ3n) is 13.4. The lowest BCUT2D eigenvalue weighted by molar-refractivity contribution is 0.451. The van der Waals surface area contributed by atoms with Crippen molar-refractivity contribution in [1.29, 1.82) is 0 Å². The minimum absolute atomic E-state index is 0.277. The van der Waals surface area contributed by atoms with Crippen LogP contribution in [0.3, 0.4) is 0 Å². The van der Waals surface area contributed by atoms with E-state index in [1.54, 1.807) is 0 Å². The Bertz CT molecular complexity index is 3350. The smallest absolute Gasteiger partial charge is 0.133 e. The molecule has 74 heavy (non-hydrogen) atoms. The number of rotatable bonds is 16. The molecule has 0 bridgehead atoms. The average molecular weight is 981 g/mol. The van der Waals surface area contributed by atoms with Crippen molar-refractivity contribution in [1.82, 2.24) is 0 Å². The van der Waals surface area contributed by atoms with E-state index in [1.165, 1.54) is 11.1 Å². The molecule has 0 aromatic heterocycles. The third-order valence-corrected chi connectivity index (χ3v) is 13.4. The number of aryl methyl sites for hydroxylation is 10. The fourth-order valence-electron chi connectivity index (χ4n) is 9.54. The molecule has 7 heteroatoms. The molecule has 0 heterocycles. The second-order valence-corrected chi connectivity index (χ2v) is 19.9. The van der Waals surface area contributed by atoms with Crippen molar-refractivity contribution in [2.24, 2.45) is 0 Å². The van der Waals surface area contributed by atoms with E-state index >= 15 is 0 Å². The Balaban J connectivity index is 0.807. The molecule has 0 unspecified atom stereocenters. The Morgan fingerprint density at radius 1 is 0.216 bits per heavy atom. The van der Waals surface area contributed by atoms with Crippen LogP contribution in [0.4, 0.5) is 0 Å². The van der Waals surface area contributed by atoms with Gasteiger partial charge in [0.05, 0.1) is 0 Å². The Morgan fingerprint density at radius 2 is 0.405 bits per heavy atom. The standard InChI is InChI=1S/C67H64O7/c1-41-31-57(32-42(2)64(41)72-59-35-45(5)62(46(6)36-59)70-53-19-15-13-16-20-53)68-55-27-23-51(24-28-55)67(11,12)52-25-29-56(30-26-52)69-58-33-43(3)65(44(4)34-58)73-61-39-49(9)66(50(10)40-61)74-60-37-47(7)63(48(8)38-60)71-54-21-17-14-18-22-54/h13-40H,1-12H3. The molecule has 0 amide bonds. The first-order chi connectivity index (χ1) is 35.5. The second kappa shape index (κ2) is 21.3. The molecule has 0 aliphatic rings. The van der Waals surface area contributed by atoms with Crippen molar-refractivity contribution in [2.75, 3.05) is 0 Å². The third kappa shape index (κ3) is 11.4. The maximum Gasteiger partial charge on any atom is 0.133 e. The second-order valence-electron chi connectivity index (χ2n) is 19.9. The molecule has 0 aliphatic carbocycles. The van der Waals surface area contributed by atoms with E-state index in [2.05, 4.69) is 38.1 Å². The predicted octanol–water partition coefficient (Wildman–Crippen LogP) is 19.6. The number of hydrogen-bond donors (Lipinski definition) is 0. The van der Waals surface area contributed by atoms with E-state index in [4.69, 9.17) is 33.2 Å². The van der Waals surface area contributed by atoms with Gasteiger partial charge in [0.25, 0.3) is 0 Å². The average Bonchev–Trinajstić information content (AvgIpc) is 3.36. The van der Waals surface area contributed by atoms with Gasteiger partial charge in [0, 0.05) is 5.41 Å². The highest BCUT2D eigenvalue weighted by atomic mass is 16.5. The minimum Gasteiger partial charge on any atom is -0.457 e. The molecule has 0 spiro atoms. The number of para-hydroxylation sites is 2. The summed E-state index contributed by atoms with van der Waals surface area (Å²) in [7, 11) is 0. The van der Waals surface area contributed by atoms with E-state index in [9.17, 15) is 0 Å². The molecule has 0 fully saturated rings. The van der Waals surface area contributed by atoms with Crippen LogP contribution in [0.5, 0.6) is 80.5 Å². The molecule has 9 aromatic rings. The summed E-state index contributed by atoms with van der Waals surface area (Å²) in [4.78, 5) is 0. The highest BCUT2D eigenvalue weighted by molar-refractivity contribution is 5.56. The molecule has 0 saturated heterocycles. The molecule has 9 rings (SSSR count). The largest absolute Gasteiger partial charge is 0.457 e. The number of hydrogen-bond acceptors (Lipinski definition) is 7. The lowest BCUT2D eigenvalue weighted by Crippen LogP contribution is -2.18. The molecule has 0 aliphatic heterocycles. The lowest BCUT2D eigenvalue weighted by atomic mass is 9.78. The van der Waals surface area contributed by atoms with Gasteiger partial charge in [-0.25, -0.2) is 0 Å². The molecule has 0 atom stereocenters. The van der Waals surface area contributed by atoms with Crippen molar-refractivity contribution in [2.45, 2.75) is 88.5 Å². The molecule has 374 valence electrons. The molecule has 0 saturated carbocycles. The van der Waals surface area contributed by atoms with Crippen molar-refractivity contribution in [3.8, 4) is 80.5 Å². The first kappa shape index (κ1) is 50.5. The summed E-state index contributed by atoms with van der Waals surface area (Å²) in [6.45, 7) is 24.9. The Labute approximate surface area is 436 Å². The normalized spacial score (nSPS) is 11.2. The summed E-state index contributed by atoms with van der Waals surface area (Å²) in [5, 5.41) is 0. The van der Waals surface area contributed by atoms with Gasteiger partial charge in [-0.15, -0.1) is 0 Å². The maximum atomic E-state index is 6.56. The monoisotopic (exact) mass is 980 g/mol. The molecule has 0 radical (unpaired) electrons. The van der Waals surface area contributed by atoms with Gasteiger partial charge in [0.1, 0.15) is 80.5 Å². The molecule has 7 nitrogen and oxygen atoms in total. The van der Waals surface area contributed by atoms with Crippen LogP contribution in [0.2, 0.25) is 0 Å². The molecule has 0 N–H and O–H groups in total. The summed E-state index contributed by atoms with van der Waals surface area (Å²) in [6.07, 6.45) is 0. The van der Waals surface area contributed by atoms with E-state index in [0.29, 0.717) is 0 Å².